The van der Waals surface area contributed by atoms with Crippen molar-refractivity contribution in [3.63, 3.8) is 0 Å². The number of likely N-dealkylation sites (tertiary alicyclic amines) is 1. The summed E-state index contributed by atoms with van der Waals surface area (Å²) >= 11 is 1.67. The number of nitrogens with one attached hydrogen (secondary N) is 1. The number of amides is 2. The third-order valence-corrected chi connectivity index (χ3v) is 4.36. The molecular formula is C12H22N2O3S. The molecule has 0 aromatic carbocycles. The Labute approximate surface area is 112 Å². The van der Waals surface area contributed by atoms with Crippen LogP contribution >= 0.6 is 11.8 Å². The van der Waals surface area contributed by atoms with Crippen molar-refractivity contribution in [2.75, 3.05) is 19.3 Å². The van der Waals surface area contributed by atoms with Gasteiger partial charge in [0.2, 0.25) is 0 Å². The molecule has 0 bridgehead atoms. The predicted octanol–water partition coefficient (Wildman–Crippen LogP) is 1.63. The maximum atomic E-state index is 12.0. The standard InChI is InChI=1S/C12H22N2O3S/c1-8-5-4-6-14(10(8)11(15)16)12(17)13-7-9(2)18-3/h8-10H,4-7H2,1-3H3,(H,13,17)(H,15,16). The minimum Gasteiger partial charge on any atom is -0.480 e. The van der Waals surface area contributed by atoms with E-state index in [0.717, 1.165) is 12.8 Å². The van der Waals surface area contributed by atoms with Crippen LogP contribution in [0.3, 0.4) is 0 Å². The van der Waals surface area contributed by atoms with E-state index in [0.29, 0.717) is 18.3 Å². The molecule has 3 atom stereocenters. The summed E-state index contributed by atoms with van der Waals surface area (Å²) in [5, 5.41) is 12.4. The summed E-state index contributed by atoms with van der Waals surface area (Å²) in [6, 6.07) is -0.946. The van der Waals surface area contributed by atoms with Crippen molar-refractivity contribution in [1.29, 1.82) is 0 Å². The number of hydrogen-bond donors (Lipinski definition) is 2. The molecule has 1 aliphatic rings. The first kappa shape index (κ1) is 15.1. The second-order valence-electron chi connectivity index (χ2n) is 4.83. The highest BCUT2D eigenvalue weighted by atomic mass is 32.2. The van der Waals surface area contributed by atoms with Crippen LogP contribution in [0, 0.1) is 5.92 Å². The summed E-state index contributed by atoms with van der Waals surface area (Å²) in [7, 11) is 0. The van der Waals surface area contributed by atoms with Crippen molar-refractivity contribution in [2.45, 2.75) is 38.0 Å². The largest absolute Gasteiger partial charge is 0.480 e. The fourth-order valence-corrected chi connectivity index (χ4v) is 2.46. The highest BCUT2D eigenvalue weighted by Crippen LogP contribution is 2.23. The van der Waals surface area contributed by atoms with Crippen molar-refractivity contribution in [3.05, 3.63) is 0 Å². The molecule has 0 saturated carbocycles. The van der Waals surface area contributed by atoms with Crippen LogP contribution in [0.1, 0.15) is 26.7 Å². The quantitative estimate of drug-likeness (QED) is 0.817. The third kappa shape index (κ3) is 3.80. The number of carboxylic acids is 1. The van der Waals surface area contributed by atoms with Crippen molar-refractivity contribution < 1.29 is 14.7 Å². The maximum Gasteiger partial charge on any atom is 0.326 e. The molecule has 5 nitrogen and oxygen atoms in total. The summed E-state index contributed by atoms with van der Waals surface area (Å²) in [5.41, 5.74) is 0. The summed E-state index contributed by atoms with van der Waals surface area (Å²) in [5.74, 6) is -0.893. The van der Waals surface area contributed by atoms with E-state index in [2.05, 4.69) is 5.32 Å². The summed E-state index contributed by atoms with van der Waals surface area (Å²) in [6.07, 6.45) is 3.72. The Hall–Kier alpha value is -0.910. The Kier molecular flexibility index (Phi) is 5.78. The van der Waals surface area contributed by atoms with Gasteiger partial charge in [0.15, 0.2) is 0 Å². The van der Waals surface area contributed by atoms with E-state index in [4.69, 9.17) is 0 Å². The van der Waals surface area contributed by atoms with Gasteiger partial charge in [-0.2, -0.15) is 11.8 Å². The van der Waals surface area contributed by atoms with Crippen LogP contribution in [0.15, 0.2) is 0 Å². The molecule has 0 aliphatic carbocycles. The Morgan fingerprint density at radius 2 is 2.22 bits per heavy atom. The Morgan fingerprint density at radius 3 is 2.78 bits per heavy atom. The van der Waals surface area contributed by atoms with Gasteiger partial charge in [0, 0.05) is 18.3 Å². The summed E-state index contributed by atoms with van der Waals surface area (Å²) in [6.45, 7) is 5.01. The van der Waals surface area contributed by atoms with Crippen LogP contribution in [0.4, 0.5) is 4.79 Å². The number of carbonyl (C=O) groups is 2. The topological polar surface area (TPSA) is 69.6 Å². The number of urea groups is 1. The first-order valence-corrected chi connectivity index (χ1v) is 7.56. The molecule has 0 radical (unpaired) electrons. The molecule has 1 saturated heterocycles. The van der Waals surface area contributed by atoms with Gasteiger partial charge in [0.25, 0.3) is 0 Å². The molecule has 0 spiro atoms. The van der Waals surface area contributed by atoms with Crippen molar-refractivity contribution in [2.24, 2.45) is 5.92 Å². The van der Waals surface area contributed by atoms with E-state index >= 15 is 0 Å². The van der Waals surface area contributed by atoms with Crippen LogP contribution in [0.5, 0.6) is 0 Å². The lowest BCUT2D eigenvalue weighted by Gasteiger charge is -2.37. The Morgan fingerprint density at radius 1 is 1.56 bits per heavy atom. The fourth-order valence-electron chi connectivity index (χ4n) is 2.21. The molecule has 0 aromatic rings. The lowest BCUT2D eigenvalue weighted by atomic mass is 9.91. The van der Waals surface area contributed by atoms with Gasteiger partial charge in [-0.05, 0) is 25.0 Å². The average Bonchev–Trinajstić information content (AvgIpc) is 2.34. The van der Waals surface area contributed by atoms with Crippen LogP contribution in [-0.4, -0.2) is 52.6 Å². The zero-order valence-corrected chi connectivity index (χ0v) is 12.0. The van der Waals surface area contributed by atoms with Gasteiger partial charge in [-0.3, -0.25) is 0 Å². The van der Waals surface area contributed by atoms with E-state index in [-0.39, 0.29) is 11.9 Å². The van der Waals surface area contributed by atoms with Gasteiger partial charge >= 0.3 is 12.0 Å². The fraction of sp³-hybridized carbons (Fsp3) is 0.833. The highest BCUT2D eigenvalue weighted by Gasteiger charge is 2.36. The molecule has 1 aliphatic heterocycles. The summed E-state index contributed by atoms with van der Waals surface area (Å²) < 4.78 is 0. The van der Waals surface area contributed by atoms with Gasteiger partial charge in [-0.15, -0.1) is 0 Å². The first-order chi connectivity index (χ1) is 8.47. The zero-order chi connectivity index (χ0) is 13.7. The van der Waals surface area contributed by atoms with Gasteiger partial charge in [-0.1, -0.05) is 13.8 Å². The number of rotatable bonds is 4. The van der Waals surface area contributed by atoms with Gasteiger partial charge in [-0.25, -0.2) is 9.59 Å². The molecule has 2 amide bonds. The SMILES string of the molecule is CSC(C)CNC(=O)N1CCCC(C)C1C(=O)O. The van der Waals surface area contributed by atoms with Crippen LogP contribution < -0.4 is 5.32 Å². The molecule has 1 fully saturated rings. The molecule has 6 heteroatoms. The van der Waals surface area contributed by atoms with Gasteiger partial charge in [0.05, 0.1) is 0 Å². The van der Waals surface area contributed by atoms with Gasteiger partial charge in [0.1, 0.15) is 6.04 Å². The molecule has 18 heavy (non-hydrogen) atoms. The smallest absolute Gasteiger partial charge is 0.326 e. The molecule has 1 heterocycles. The number of hydrogen-bond acceptors (Lipinski definition) is 3. The number of thioether (sulfide) groups is 1. The second-order valence-corrected chi connectivity index (χ2v) is 6.10. The van der Waals surface area contributed by atoms with Gasteiger partial charge < -0.3 is 15.3 Å². The minimum atomic E-state index is -0.907. The molecule has 3 unspecified atom stereocenters. The maximum absolute atomic E-state index is 12.0. The van der Waals surface area contributed by atoms with E-state index in [1.54, 1.807) is 11.8 Å². The van der Waals surface area contributed by atoms with E-state index < -0.39 is 12.0 Å². The molecule has 104 valence electrons. The molecular weight excluding hydrogens is 252 g/mol. The second kappa shape index (κ2) is 6.87. The molecule has 0 aromatic heterocycles. The monoisotopic (exact) mass is 274 g/mol. The minimum absolute atomic E-state index is 0.0139. The van der Waals surface area contributed by atoms with Crippen LogP contribution in [0.2, 0.25) is 0 Å². The lowest BCUT2D eigenvalue weighted by molar-refractivity contribution is -0.145. The highest BCUT2D eigenvalue weighted by molar-refractivity contribution is 7.99. The zero-order valence-electron chi connectivity index (χ0n) is 11.2. The first-order valence-electron chi connectivity index (χ1n) is 6.27. The van der Waals surface area contributed by atoms with Crippen molar-refractivity contribution >= 4 is 23.8 Å². The number of aliphatic carboxylic acids is 1. The Bertz CT molecular complexity index is 312. The van der Waals surface area contributed by atoms with Crippen LogP contribution in [-0.2, 0) is 4.79 Å². The van der Waals surface area contributed by atoms with Crippen LogP contribution in [0.25, 0.3) is 0 Å². The van der Waals surface area contributed by atoms with E-state index in [1.807, 2.05) is 20.1 Å². The van der Waals surface area contributed by atoms with E-state index in [1.165, 1.54) is 4.90 Å². The van der Waals surface area contributed by atoms with Crippen molar-refractivity contribution in [1.82, 2.24) is 10.2 Å². The average molecular weight is 274 g/mol. The number of carboxylic acid groups (broad SMARTS) is 1. The lowest BCUT2D eigenvalue weighted by Crippen LogP contribution is -2.55. The number of nitrogens with zero attached hydrogens (tertiary/aromatic N) is 1. The number of carbonyl (C=O) groups excluding carboxylic acids is 1. The molecule has 1 rings (SSSR count). The predicted molar refractivity (Wildman–Crippen MR) is 72.9 cm³/mol. The van der Waals surface area contributed by atoms with Crippen molar-refractivity contribution in [3.8, 4) is 0 Å². The molecule has 2 N–H and O–H groups in total. The Balaban J connectivity index is 2.61. The number of piperidine rings is 1. The summed E-state index contributed by atoms with van der Waals surface area (Å²) in [4.78, 5) is 24.7. The van der Waals surface area contributed by atoms with E-state index in [9.17, 15) is 14.7 Å². The third-order valence-electron chi connectivity index (χ3n) is 3.39. The normalized spacial score (nSPS) is 25.6.